The molecule has 26 heavy (non-hydrogen) atoms. The van der Waals surface area contributed by atoms with E-state index in [1.54, 1.807) is 6.07 Å². The molecule has 4 rings (SSSR count). The minimum absolute atomic E-state index is 0.230. The first-order valence-electron chi connectivity index (χ1n) is 7.93. The summed E-state index contributed by atoms with van der Waals surface area (Å²) in [7, 11) is 0. The standard InChI is InChI=1S/C18H13ClN4OS2/c1-2-16-22-23-18(26-16)21-17(24)11-9-13(14-7-8-15(19)25-14)20-12-6-4-3-5-10(11)12/h3-9H,2H2,1H3,(H,21,23,24). The van der Waals surface area contributed by atoms with Gasteiger partial charge in [-0.15, -0.1) is 21.5 Å². The Kier molecular flexibility index (Phi) is 4.67. The van der Waals surface area contributed by atoms with E-state index in [0.29, 0.717) is 15.0 Å². The number of halogens is 1. The summed E-state index contributed by atoms with van der Waals surface area (Å²) in [6.07, 6.45) is 0.787. The molecular weight excluding hydrogens is 388 g/mol. The second-order valence-corrected chi connectivity index (χ2v) is 8.26. The van der Waals surface area contributed by atoms with Crippen LogP contribution in [-0.4, -0.2) is 21.1 Å². The maximum absolute atomic E-state index is 12.9. The SMILES string of the molecule is CCc1nnc(NC(=O)c2cc(-c3ccc(Cl)s3)nc3ccccc23)s1. The van der Waals surface area contributed by atoms with Crippen LogP contribution >= 0.6 is 34.3 Å². The lowest BCUT2D eigenvalue weighted by Gasteiger charge is -2.08. The van der Waals surface area contributed by atoms with Crippen molar-refractivity contribution < 1.29 is 4.79 Å². The van der Waals surface area contributed by atoms with Gasteiger partial charge < -0.3 is 0 Å². The predicted octanol–water partition coefficient (Wildman–Crippen LogP) is 5.28. The van der Waals surface area contributed by atoms with Gasteiger partial charge in [0, 0.05) is 5.39 Å². The van der Waals surface area contributed by atoms with Crippen molar-refractivity contribution >= 4 is 56.2 Å². The summed E-state index contributed by atoms with van der Waals surface area (Å²) in [6, 6.07) is 13.1. The lowest BCUT2D eigenvalue weighted by molar-refractivity contribution is 0.102. The molecule has 5 nitrogen and oxygen atoms in total. The van der Waals surface area contributed by atoms with Crippen LogP contribution in [0.3, 0.4) is 0 Å². The van der Waals surface area contributed by atoms with Crippen LogP contribution in [0, 0.1) is 0 Å². The Bertz CT molecular complexity index is 1110. The maximum Gasteiger partial charge on any atom is 0.258 e. The van der Waals surface area contributed by atoms with Crippen molar-refractivity contribution in [1.29, 1.82) is 0 Å². The van der Waals surface area contributed by atoms with E-state index in [9.17, 15) is 4.79 Å². The van der Waals surface area contributed by atoms with E-state index in [1.807, 2.05) is 43.3 Å². The molecule has 0 aliphatic heterocycles. The minimum Gasteiger partial charge on any atom is -0.296 e. The van der Waals surface area contributed by atoms with Crippen molar-refractivity contribution in [2.75, 3.05) is 5.32 Å². The average molecular weight is 401 g/mol. The number of nitrogens with one attached hydrogen (secondary N) is 1. The Labute approximate surface area is 162 Å². The quantitative estimate of drug-likeness (QED) is 0.505. The molecule has 0 fully saturated rings. The Morgan fingerprint density at radius 3 is 2.73 bits per heavy atom. The van der Waals surface area contributed by atoms with E-state index in [1.165, 1.54) is 22.7 Å². The number of anilines is 1. The molecule has 130 valence electrons. The van der Waals surface area contributed by atoms with Crippen LogP contribution in [0.5, 0.6) is 0 Å². The normalized spacial score (nSPS) is 11.0. The fourth-order valence-corrected chi connectivity index (χ4v) is 4.23. The lowest BCUT2D eigenvalue weighted by Crippen LogP contribution is -2.13. The van der Waals surface area contributed by atoms with Crippen LogP contribution in [0.25, 0.3) is 21.5 Å². The molecule has 0 bridgehead atoms. The lowest BCUT2D eigenvalue weighted by atomic mass is 10.1. The average Bonchev–Trinajstić information content (AvgIpc) is 3.29. The number of para-hydroxylation sites is 1. The monoisotopic (exact) mass is 400 g/mol. The van der Waals surface area contributed by atoms with Crippen LogP contribution in [0.2, 0.25) is 4.34 Å². The third kappa shape index (κ3) is 3.33. The zero-order chi connectivity index (χ0) is 18.1. The molecule has 0 saturated carbocycles. The first kappa shape index (κ1) is 17.1. The third-order valence-electron chi connectivity index (χ3n) is 3.78. The van der Waals surface area contributed by atoms with Crippen LogP contribution in [0.1, 0.15) is 22.3 Å². The molecule has 0 aliphatic carbocycles. The minimum atomic E-state index is -0.230. The Hall–Kier alpha value is -2.35. The third-order valence-corrected chi connectivity index (χ3v) is 6.01. The number of hydrogen-bond acceptors (Lipinski definition) is 6. The Balaban J connectivity index is 1.78. The zero-order valence-corrected chi connectivity index (χ0v) is 16.1. The summed E-state index contributed by atoms with van der Waals surface area (Å²) >= 11 is 8.86. The number of carbonyl (C=O) groups is 1. The molecule has 0 saturated heterocycles. The fourth-order valence-electron chi connectivity index (χ4n) is 2.55. The molecule has 3 heterocycles. The van der Waals surface area contributed by atoms with Gasteiger partial charge in [0.15, 0.2) is 0 Å². The first-order chi connectivity index (χ1) is 12.6. The maximum atomic E-state index is 12.9. The highest BCUT2D eigenvalue weighted by Gasteiger charge is 2.16. The van der Waals surface area contributed by atoms with Gasteiger partial charge in [0.25, 0.3) is 5.91 Å². The number of pyridine rings is 1. The van der Waals surface area contributed by atoms with Gasteiger partial charge in [0.05, 0.1) is 26.0 Å². The van der Waals surface area contributed by atoms with E-state index in [-0.39, 0.29) is 5.91 Å². The second-order valence-electron chi connectivity index (χ2n) is 5.48. The topological polar surface area (TPSA) is 67.8 Å². The van der Waals surface area contributed by atoms with E-state index in [4.69, 9.17) is 11.6 Å². The number of fused-ring (bicyclic) bond motifs is 1. The predicted molar refractivity (Wildman–Crippen MR) is 107 cm³/mol. The van der Waals surface area contributed by atoms with E-state index < -0.39 is 0 Å². The van der Waals surface area contributed by atoms with Gasteiger partial charge in [-0.3, -0.25) is 10.1 Å². The van der Waals surface area contributed by atoms with Crippen molar-refractivity contribution in [2.45, 2.75) is 13.3 Å². The summed E-state index contributed by atoms with van der Waals surface area (Å²) in [5, 5.41) is 13.1. The fraction of sp³-hybridized carbons (Fsp3) is 0.111. The summed E-state index contributed by atoms with van der Waals surface area (Å²) in [5.74, 6) is -0.230. The summed E-state index contributed by atoms with van der Waals surface area (Å²) < 4.78 is 0.682. The van der Waals surface area contributed by atoms with Gasteiger partial charge in [-0.2, -0.15) is 0 Å². The summed E-state index contributed by atoms with van der Waals surface area (Å²) in [6.45, 7) is 2.00. The number of thiophene rings is 1. The second kappa shape index (κ2) is 7.11. The van der Waals surface area contributed by atoms with Gasteiger partial charge in [-0.05, 0) is 30.7 Å². The molecule has 4 aromatic rings. The van der Waals surface area contributed by atoms with Crippen molar-refractivity contribution in [2.24, 2.45) is 0 Å². The van der Waals surface area contributed by atoms with Crippen LogP contribution in [0.4, 0.5) is 5.13 Å². The van der Waals surface area contributed by atoms with Crippen LogP contribution < -0.4 is 5.32 Å². The summed E-state index contributed by atoms with van der Waals surface area (Å²) in [5.41, 5.74) is 2.02. The molecule has 0 radical (unpaired) electrons. The smallest absolute Gasteiger partial charge is 0.258 e. The van der Waals surface area contributed by atoms with Gasteiger partial charge in [-0.1, -0.05) is 48.1 Å². The van der Waals surface area contributed by atoms with Gasteiger partial charge in [-0.25, -0.2) is 4.98 Å². The van der Waals surface area contributed by atoms with Gasteiger partial charge in [0.1, 0.15) is 5.01 Å². The number of hydrogen-bond donors (Lipinski definition) is 1. The molecule has 1 aromatic carbocycles. The van der Waals surface area contributed by atoms with Crippen molar-refractivity contribution in [3.63, 3.8) is 0 Å². The van der Waals surface area contributed by atoms with Crippen molar-refractivity contribution in [1.82, 2.24) is 15.2 Å². The molecule has 0 atom stereocenters. The van der Waals surface area contributed by atoms with E-state index in [2.05, 4.69) is 20.5 Å². The molecular formula is C18H13ClN4OS2. The number of amides is 1. The highest BCUT2D eigenvalue weighted by Crippen LogP contribution is 2.32. The van der Waals surface area contributed by atoms with E-state index >= 15 is 0 Å². The van der Waals surface area contributed by atoms with Crippen molar-refractivity contribution in [3.05, 3.63) is 57.4 Å². The van der Waals surface area contributed by atoms with Gasteiger partial charge >= 0.3 is 0 Å². The molecule has 1 amide bonds. The Morgan fingerprint density at radius 2 is 2.00 bits per heavy atom. The molecule has 8 heteroatoms. The largest absolute Gasteiger partial charge is 0.296 e. The molecule has 0 unspecified atom stereocenters. The highest BCUT2D eigenvalue weighted by atomic mass is 35.5. The highest BCUT2D eigenvalue weighted by molar-refractivity contribution is 7.19. The molecule has 0 spiro atoms. The number of carbonyl (C=O) groups excluding carboxylic acids is 1. The Morgan fingerprint density at radius 1 is 1.15 bits per heavy atom. The van der Waals surface area contributed by atoms with Crippen LogP contribution in [0.15, 0.2) is 42.5 Å². The molecule has 0 aliphatic rings. The number of rotatable bonds is 4. The van der Waals surface area contributed by atoms with Crippen LogP contribution in [-0.2, 0) is 6.42 Å². The van der Waals surface area contributed by atoms with Gasteiger partial charge in [0.2, 0.25) is 5.13 Å². The van der Waals surface area contributed by atoms with E-state index in [0.717, 1.165) is 32.9 Å². The molecule has 3 aromatic heterocycles. The first-order valence-corrected chi connectivity index (χ1v) is 9.94. The summed E-state index contributed by atoms with van der Waals surface area (Å²) in [4.78, 5) is 18.5. The zero-order valence-electron chi connectivity index (χ0n) is 13.7. The molecule has 1 N–H and O–H groups in total. The number of nitrogens with zero attached hydrogens (tertiary/aromatic N) is 3. The number of benzene rings is 1. The number of aromatic nitrogens is 3. The number of aryl methyl sites for hydroxylation is 1. The van der Waals surface area contributed by atoms with Crippen molar-refractivity contribution in [3.8, 4) is 10.6 Å².